The van der Waals surface area contributed by atoms with Gasteiger partial charge in [0.05, 0.1) is 12.5 Å². The first-order valence-corrected chi connectivity index (χ1v) is 8.65. The third-order valence-electron chi connectivity index (χ3n) is 3.66. The van der Waals surface area contributed by atoms with Crippen molar-refractivity contribution < 1.29 is 24.3 Å². The van der Waals surface area contributed by atoms with E-state index in [0.29, 0.717) is 25.8 Å². The molecule has 0 spiro atoms. The van der Waals surface area contributed by atoms with Crippen molar-refractivity contribution in [2.45, 2.75) is 64.1 Å². The van der Waals surface area contributed by atoms with Crippen LogP contribution in [0.4, 0.5) is 0 Å². The second-order valence-corrected chi connectivity index (χ2v) is 6.65. The van der Waals surface area contributed by atoms with Crippen molar-refractivity contribution in [1.82, 2.24) is 10.6 Å². The lowest BCUT2D eigenvalue weighted by Crippen LogP contribution is -2.55. The number of hydrogen-bond acceptors (Lipinski definition) is 6. The molecule has 0 heterocycles. The Morgan fingerprint density at radius 2 is 1.58 bits per heavy atom. The summed E-state index contributed by atoms with van der Waals surface area (Å²) in [7, 11) is 0. The molecular weight excluding hydrogens is 342 g/mol. The van der Waals surface area contributed by atoms with Crippen LogP contribution in [0.3, 0.4) is 0 Å². The number of carbonyl (C=O) groups excluding carboxylic acids is 3. The van der Waals surface area contributed by atoms with Crippen molar-refractivity contribution in [2.24, 2.45) is 23.1 Å². The van der Waals surface area contributed by atoms with E-state index in [9.17, 15) is 19.2 Å². The maximum Gasteiger partial charge on any atom is 0.326 e. The molecule has 0 fully saturated rings. The Morgan fingerprint density at radius 1 is 1.00 bits per heavy atom. The van der Waals surface area contributed by atoms with Gasteiger partial charge in [0.2, 0.25) is 17.7 Å². The van der Waals surface area contributed by atoms with Gasteiger partial charge in [-0.15, -0.1) is 0 Å². The van der Waals surface area contributed by atoms with Gasteiger partial charge in [-0.1, -0.05) is 13.8 Å². The molecule has 0 aromatic rings. The molecule has 26 heavy (non-hydrogen) atoms. The van der Waals surface area contributed by atoms with Crippen molar-refractivity contribution >= 4 is 23.7 Å². The number of nitrogens with one attached hydrogen (secondary N) is 2. The molecule has 0 radical (unpaired) electrons. The van der Waals surface area contributed by atoms with Crippen LogP contribution in [0.15, 0.2) is 0 Å². The zero-order valence-electron chi connectivity index (χ0n) is 15.4. The van der Waals surface area contributed by atoms with Gasteiger partial charge in [-0.3, -0.25) is 14.4 Å². The predicted octanol–water partition coefficient (Wildman–Crippen LogP) is -1.58. The Kier molecular flexibility index (Phi) is 11.2. The van der Waals surface area contributed by atoms with Gasteiger partial charge in [-0.05, 0) is 38.1 Å². The summed E-state index contributed by atoms with van der Waals surface area (Å²) in [5.41, 5.74) is 16.2. The highest BCUT2D eigenvalue weighted by atomic mass is 16.4. The monoisotopic (exact) mass is 373 g/mol. The van der Waals surface area contributed by atoms with Crippen LogP contribution in [0.1, 0.15) is 46.0 Å². The maximum absolute atomic E-state index is 12.4. The number of carboxylic acid groups (broad SMARTS) is 1. The normalized spacial score (nSPS) is 14.3. The second-order valence-electron chi connectivity index (χ2n) is 6.65. The molecule has 150 valence electrons. The van der Waals surface area contributed by atoms with Gasteiger partial charge in [0.15, 0.2) is 0 Å². The fourth-order valence-corrected chi connectivity index (χ4v) is 2.33. The summed E-state index contributed by atoms with van der Waals surface area (Å²) in [6.45, 7) is 4.26. The first-order chi connectivity index (χ1) is 12.1. The third kappa shape index (κ3) is 9.94. The van der Waals surface area contributed by atoms with Crippen molar-refractivity contribution in [2.75, 3.05) is 6.54 Å². The number of rotatable bonds is 13. The van der Waals surface area contributed by atoms with Crippen LogP contribution < -0.4 is 27.8 Å². The number of nitrogens with two attached hydrogens (primary N) is 3. The minimum atomic E-state index is -1.46. The van der Waals surface area contributed by atoms with Crippen LogP contribution in [0.25, 0.3) is 0 Å². The van der Waals surface area contributed by atoms with Crippen molar-refractivity contribution in [3.63, 3.8) is 0 Å². The van der Waals surface area contributed by atoms with Crippen molar-refractivity contribution in [3.8, 4) is 0 Å². The topological polar surface area (TPSA) is 191 Å². The largest absolute Gasteiger partial charge is 0.480 e. The Hall–Kier alpha value is -2.20. The van der Waals surface area contributed by atoms with Crippen molar-refractivity contribution in [1.29, 1.82) is 0 Å². The second kappa shape index (κ2) is 12.2. The van der Waals surface area contributed by atoms with E-state index in [1.807, 2.05) is 13.8 Å². The van der Waals surface area contributed by atoms with E-state index in [2.05, 4.69) is 10.6 Å². The van der Waals surface area contributed by atoms with Gasteiger partial charge in [0, 0.05) is 0 Å². The molecule has 3 amide bonds. The molecule has 0 aromatic carbocycles. The molecule has 0 aliphatic rings. The number of carboxylic acids is 1. The standard InChI is InChI=1S/C16H31N5O5/c1-9(2)7-10(18)14(23)20-11(5-3-4-6-17)15(24)21-12(16(25)26)8-13(19)22/h9-12H,3-8,17-18H2,1-2H3,(H2,19,22)(H,20,23)(H,21,24)(H,25,26). The van der Waals surface area contributed by atoms with E-state index < -0.39 is 48.2 Å². The van der Waals surface area contributed by atoms with E-state index in [1.165, 1.54) is 0 Å². The molecule has 3 atom stereocenters. The van der Waals surface area contributed by atoms with Gasteiger partial charge in [0.25, 0.3) is 0 Å². The molecule has 0 aliphatic carbocycles. The predicted molar refractivity (Wildman–Crippen MR) is 95.6 cm³/mol. The van der Waals surface area contributed by atoms with E-state index in [-0.39, 0.29) is 12.3 Å². The number of amides is 3. The lowest BCUT2D eigenvalue weighted by molar-refractivity contribution is -0.143. The molecule has 9 N–H and O–H groups in total. The molecule has 0 saturated carbocycles. The van der Waals surface area contributed by atoms with E-state index >= 15 is 0 Å². The average Bonchev–Trinajstić information content (AvgIpc) is 2.51. The molecule has 3 unspecified atom stereocenters. The van der Waals surface area contributed by atoms with E-state index in [4.69, 9.17) is 22.3 Å². The number of aliphatic carboxylic acids is 1. The molecule has 0 aliphatic heterocycles. The van der Waals surface area contributed by atoms with Crippen LogP contribution in [0, 0.1) is 5.92 Å². The summed E-state index contributed by atoms with van der Waals surface area (Å²) in [6.07, 6.45) is 1.37. The van der Waals surface area contributed by atoms with Crippen LogP contribution >= 0.6 is 0 Å². The molecule has 10 heteroatoms. The molecular formula is C16H31N5O5. The number of primary amides is 1. The molecule has 10 nitrogen and oxygen atoms in total. The van der Waals surface area contributed by atoms with Gasteiger partial charge in [-0.2, -0.15) is 0 Å². The van der Waals surface area contributed by atoms with Crippen LogP contribution in [0.5, 0.6) is 0 Å². The first kappa shape index (κ1) is 23.8. The summed E-state index contributed by atoms with van der Waals surface area (Å²) in [4.78, 5) is 46.7. The SMILES string of the molecule is CC(C)CC(N)C(=O)NC(CCCCN)C(=O)NC(CC(N)=O)C(=O)O. The van der Waals surface area contributed by atoms with Gasteiger partial charge in [0.1, 0.15) is 12.1 Å². The van der Waals surface area contributed by atoms with Crippen LogP contribution in [0.2, 0.25) is 0 Å². The maximum atomic E-state index is 12.4. The van der Waals surface area contributed by atoms with Crippen LogP contribution in [-0.4, -0.2) is 53.5 Å². The molecule has 0 saturated heterocycles. The highest BCUT2D eigenvalue weighted by molar-refractivity contribution is 5.93. The number of unbranched alkanes of at least 4 members (excludes halogenated alkanes) is 1. The van der Waals surface area contributed by atoms with Crippen molar-refractivity contribution in [3.05, 3.63) is 0 Å². The van der Waals surface area contributed by atoms with Crippen LogP contribution in [-0.2, 0) is 19.2 Å². The average molecular weight is 373 g/mol. The zero-order chi connectivity index (χ0) is 20.3. The highest BCUT2D eigenvalue weighted by Gasteiger charge is 2.28. The zero-order valence-corrected chi connectivity index (χ0v) is 15.4. The lowest BCUT2D eigenvalue weighted by Gasteiger charge is -2.23. The third-order valence-corrected chi connectivity index (χ3v) is 3.66. The Morgan fingerprint density at radius 3 is 2.04 bits per heavy atom. The van der Waals surface area contributed by atoms with Gasteiger partial charge >= 0.3 is 5.97 Å². The fraction of sp³-hybridized carbons (Fsp3) is 0.750. The number of hydrogen-bond donors (Lipinski definition) is 6. The Bertz CT molecular complexity index is 497. The van der Waals surface area contributed by atoms with Gasteiger partial charge in [-0.25, -0.2) is 4.79 Å². The summed E-state index contributed by atoms with van der Waals surface area (Å²) in [5.74, 6) is -3.25. The van der Waals surface area contributed by atoms with Gasteiger partial charge < -0.3 is 32.9 Å². The molecule has 0 bridgehead atoms. The van der Waals surface area contributed by atoms with E-state index in [1.54, 1.807) is 0 Å². The summed E-state index contributed by atoms with van der Waals surface area (Å²) >= 11 is 0. The van der Waals surface area contributed by atoms with E-state index in [0.717, 1.165) is 0 Å². The molecule has 0 aromatic heterocycles. The molecule has 0 rings (SSSR count). The summed E-state index contributed by atoms with van der Waals surface area (Å²) in [5, 5.41) is 13.9. The quantitative estimate of drug-likeness (QED) is 0.210. The Balaban J connectivity index is 5.02. The minimum Gasteiger partial charge on any atom is -0.480 e. The smallest absolute Gasteiger partial charge is 0.326 e. The minimum absolute atomic E-state index is 0.201. The highest BCUT2D eigenvalue weighted by Crippen LogP contribution is 2.06. The summed E-state index contributed by atoms with van der Waals surface area (Å²) < 4.78 is 0. The number of carbonyl (C=O) groups is 4. The lowest BCUT2D eigenvalue weighted by atomic mass is 10.0. The fourth-order valence-electron chi connectivity index (χ4n) is 2.33. The first-order valence-electron chi connectivity index (χ1n) is 8.65. The summed E-state index contributed by atoms with van der Waals surface area (Å²) in [6, 6.07) is -3.21. The Labute approximate surface area is 153 Å².